The van der Waals surface area contributed by atoms with Gasteiger partial charge in [-0.25, -0.2) is 0 Å². The summed E-state index contributed by atoms with van der Waals surface area (Å²) >= 11 is 6.15. The third kappa shape index (κ3) is 3.75. The van der Waals surface area contributed by atoms with E-state index in [0.29, 0.717) is 17.2 Å². The van der Waals surface area contributed by atoms with Crippen LogP contribution in [0.25, 0.3) is 0 Å². The maximum atomic E-state index is 8.83. The number of ether oxygens (including phenoxy) is 1. The zero-order valence-corrected chi connectivity index (χ0v) is 12.8. The molecule has 0 radical (unpaired) electrons. The Morgan fingerprint density at radius 1 is 1.29 bits per heavy atom. The van der Waals surface area contributed by atoms with Gasteiger partial charge < -0.3 is 10.5 Å². The predicted molar refractivity (Wildman–Crippen MR) is 84.3 cm³/mol. The van der Waals surface area contributed by atoms with Crippen LogP contribution in [0.3, 0.4) is 0 Å². The van der Waals surface area contributed by atoms with Crippen LogP contribution in [0, 0.1) is 18.3 Å². The van der Waals surface area contributed by atoms with Crippen molar-refractivity contribution < 1.29 is 4.74 Å². The van der Waals surface area contributed by atoms with Crippen LogP contribution in [-0.4, -0.2) is 0 Å². The molecule has 0 aliphatic heterocycles. The van der Waals surface area contributed by atoms with Gasteiger partial charge in [0.2, 0.25) is 0 Å². The minimum Gasteiger partial charge on any atom is -0.489 e. The lowest BCUT2D eigenvalue weighted by Gasteiger charge is -2.15. The minimum absolute atomic E-state index is 0.101. The molecule has 21 heavy (non-hydrogen) atoms. The zero-order valence-electron chi connectivity index (χ0n) is 12.1. The second-order valence-electron chi connectivity index (χ2n) is 5.04. The molecule has 1 atom stereocenters. The third-order valence-electron chi connectivity index (χ3n) is 3.22. The van der Waals surface area contributed by atoms with E-state index in [-0.39, 0.29) is 6.04 Å². The van der Waals surface area contributed by atoms with Crippen molar-refractivity contribution in [3.8, 4) is 11.8 Å². The second kappa shape index (κ2) is 6.62. The van der Waals surface area contributed by atoms with Crippen LogP contribution in [-0.2, 0) is 6.61 Å². The molecule has 108 valence electrons. The monoisotopic (exact) mass is 300 g/mol. The van der Waals surface area contributed by atoms with Gasteiger partial charge in [0.1, 0.15) is 12.4 Å². The van der Waals surface area contributed by atoms with E-state index in [1.807, 2.05) is 32.0 Å². The molecule has 2 N–H and O–H groups in total. The van der Waals surface area contributed by atoms with Gasteiger partial charge >= 0.3 is 0 Å². The van der Waals surface area contributed by atoms with Crippen LogP contribution in [0.15, 0.2) is 36.4 Å². The quantitative estimate of drug-likeness (QED) is 0.924. The summed E-state index contributed by atoms with van der Waals surface area (Å²) in [5.74, 6) is 0.760. The van der Waals surface area contributed by atoms with E-state index in [1.165, 1.54) is 0 Å². The molecule has 0 aromatic heterocycles. The molecule has 0 saturated carbocycles. The highest BCUT2D eigenvalue weighted by atomic mass is 35.5. The smallest absolute Gasteiger partial charge is 0.124 e. The summed E-state index contributed by atoms with van der Waals surface area (Å²) in [6, 6.07) is 13.1. The standard InChI is InChI=1S/C17H17ClN2O/c1-11-3-6-17(15(7-11)12(2)20)21-10-14-5-4-13(9-19)8-16(14)18/h3-8,12H,10,20H2,1-2H3/t12-/m0/s1. The van der Waals surface area contributed by atoms with Crippen LogP contribution in [0.2, 0.25) is 5.02 Å². The van der Waals surface area contributed by atoms with Crippen molar-refractivity contribution in [2.75, 3.05) is 0 Å². The van der Waals surface area contributed by atoms with Gasteiger partial charge in [-0.1, -0.05) is 35.4 Å². The number of hydrogen-bond acceptors (Lipinski definition) is 3. The Morgan fingerprint density at radius 2 is 2.05 bits per heavy atom. The number of benzene rings is 2. The highest BCUT2D eigenvalue weighted by Crippen LogP contribution is 2.27. The average Bonchev–Trinajstić information content (AvgIpc) is 2.46. The fraction of sp³-hybridized carbons (Fsp3) is 0.235. The van der Waals surface area contributed by atoms with Crippen molar-refractivity contribution in [1.29, 1.82) is 5.26 Å². The molecular formula is C17H17ClN2O. The van der Waals surface area contributed by atoms with Crippen LogP contribution < -0.4 is 10.5 Å². The first-order chi connectivity index (χ1) is 10.0. The van der Waals surface area contributed by atoms with Crippen LogP contribution in [0.1, 0.15) is 35.2 Å². The highest BCUT2D eigenvalue weighted by Gasteiger charge is 2.10. The van der Waals surface area contributed by atoms with E-state index < -0.39 is 0 Å². The molecule has 0 heterocycles. The van der Waals surface area contributed by atoms with Gasteiger partial charge in [-0.3, -0.25) is 0 Å². The normalized spacial score (nSPS) is 11.8. The van der Waals surface area contributed by atoms with Crippen molar-refractivity contribution in [1.82, 2.24) is 0 Å². The van der Waals surface area contributed by atoms with Gasteiger partial charge in [0.15, 0.2) is 0 Å². The summed E-state index contributed by atoms with van der Waals surface area (Å²) in [5.41, 5.74) is 9.47. The molecule has 0 fully saturated rings. The molecule has 0 spiro atoms. The molecule has 0 unspecified atom stereocenters. The van der Waals surface area contributed by atoms with E-state index in [1.54, 1.807) is 18.2 Å². The van der Waals surface area contributed by atoms with Gasteiger partial charge in [0.05, 0.1) is 11.6 Å². The molecular weight excluding hydrogens is 284 g/mol. The molecule has 0 bridgehead atoms. The highest BCUT2D eigenvalue weighted by molar-refractivity contribution is 6.31. The maximum Gasteiger partial charge on any atom is 0.124 e. The fourth-order valence-electron chi connectivity index (χ4n) is 2.04. The molecule has 2 aromatic rings. The molecule has 0 saturated heterocycles. The van der Waals surface area contributed by atoms with Gasteiger partial charge in [-0.05, 0) is 32.0 Å². The number of halogens is 1. The largest absolute Gasteiger partial charge is 0.489 e. The molecule has 2 rings (SSSR count). The Bertz CT molecular complexity index is 690. The Kier molecular flexibility index (Phi) is 4.85. The Morgan fingerprint density at radius 3 is 2.67 bits per heavy atom. The van der Waals surface area contributed by atoms with Crippen LogP contribution in [0.4, 0.5) is 0 Å². The maximum absolute atomic E-state index is 8.83. The number of rotatable bonds is 4. The van der Waals surface area contributed by atoms with Crippen LogP contribution >= 0.6 is 11.6 Å². The van der Waals surface area contributed by atoms with E-state index in [2.05, 4.69) is 6.07 Å². The summed E-state index contributed by atoms with van der Waals surface area (Å²) in [4.78, 5) is 0. The molecule has 4 heteroatoms. The van der Waals surface area contributed by atoms with Crippen LogP contribution in [0.5, 0.6) is 5.75 Å². The second-order valence-corrected chi connectivity index (χ2v) is 5.44. The number of nitrogens with zero attached hydrogens (tertiary/aromatic N) is 1. The summed E-state index contributed by atoms with van der Waals surface area (Å²) in [6.07, 6.45) is 0. The molecule has 2 aromatic carbocycles. The third-order valence-corrected chi connectivity index (χ3v) is 3.57. The average molecular weight is 301 g/mol. The summed E-state index contributed by atoms with van der Waals surface area (Å²) in [5, 5.41) is 9.36. The fourth-order valence-corrected chi connectivity index (χ4v) is 2.28. The van der Waals surface area contributed by atoms with E-state index in [9.17, 15) is 0 Å². The summed E-state index contributed by atoms with van der Waals surface area (Å²) in [7, 11) is 0. The van der Waals surface area contributed by atoms with Crippen molar-refractivity contribution in [3.63, 3.8) is 0 Å². The molecule has 0 amide bonds. The topological polar surface area (TPSA) is 59.0 Å². The first kappa shape index (κ1) is 15.4. The van der Waals surface area contributed by atoms with Gasteiger partial charge in [0.25, 0.3) is 0 Å². The number of hydrogen-bond donors (Lipinski definition) is 1. The number of aryl methyl sites for hydroxylation is 1. The van der Waals surface area contributed by atoms with E-state index in [0.717, 1.165) is 22.4 Å². The van der Waals surface area contributed by atoms with Gasteiger partial charge in [-0.15, -0.1) is 0 Å². The molecule has 3 nitrogen and oxygen atoms in total. The Balaban J connectivity index is 2.19. The first-order valence-electron chi connectivity index (χ1n) is 6.68. The van der Waals surface area contributed by atoms with Crippen molar-refractivity contribution in [3.05, 3.63) is 63.7 Å². The summed E-state index contributed by atoms with van der Waals surface area (Å²) < 4.78 is 5.85. The van der Waals surface area contributed by atoms with Gasteiger partial charge in [0, 0.05) is 22.2 Å². The lowest BCUT2D eigenvalue weighted by molar-refractivity contribution is 0.301. The van der Waals surface area contributed by atoms with E-state index >= 15 is 0 Å². The lowest BCUT2D eigenvalue weighted by Crippen LogP contribution is -2.08. The van der Waals surface area contributed by atoms with Gasteiger partial charge in [-0.2, -0.15) is 5.26 Å². The van der Waals surface area contributed by atoms with E-state index in [4.69, 9.17) is 27.3 Å². The summed E-state index contributed by atoms with van der Waals surface area (Å²) in [6.45, 7) is 4.29. The SMILES string of the molecule is Cc1ccc(OCc2ccc(C#N)cc2Cl)c([C@H](C)N)c1. The zero-order chi connectivity index (χ0) is 15.4. The van der Waals surface area contributed by atoms with Crippen molar-refractivity contribution in [2.45, 2.75) is 26.5 Å². The lowest BCUT2D eigenvalue weighted by atomic mass is 10.1. The molecule has 0 aliphatic carbocycles. The Hall–Kier alpha value is -2.02. The Labute approximate surface area is 129 Å². The minimum atomic E-state index is -0.101. The van der Waals surface area contributed by atoms with Crippen molar-refractivity contribution >= 4 is 11.6 Å². The number of nitrogens with two attached hydrogens (primary N) is 1. The molecule has 0 aliphatic rings. The van der Waals surface area contributed by atoms with Crippen molar-refractivity contribution in [2.24, 2.45) is 5.73 Å². The first-order valence-corrected chi connectivity index (χ1v) is 7.06. The number of nitriles is 1. The predicted octanol–water partition coefficient (Wildman–Crippen LogP) is 4.12.